The van der Waals surface area contributed by atoms with E-state index in [1.165, 1.54) is 16.9 Å². The van der Waals surface area contributed by atoms with E-state index in [9.17, 15) is 4.79 Å². The van der Waals surface area contributed by atoms with Crippen molar-refractivity contribution in [2.45, 2.75) is 13.5 Å². The maximum Gasteiger partial charge on any atom is 0.325 e. The van der Waals surface area contributed by atoms with Crippen molar-refractivity contribution in [2.24, 2.45) is 0 Å². The second-order valence-electron chi connectivity index (χ2n) is 5.41. The van der Waals surface area contributed by atoms with Gasteiger partial charge >= 0.3 is 6.03 Å². The summed E-state index contributed by atoms with van der Waals surface area (Å²) in [6.07, 6.45) is 0. The Labute approximate surface area is 155 Å². The van der Waals surface area contributed by atoms with Gasteiger partial charge in [0.05, 0.1) is 7.11 Å². The molecule has 2 aromatic carbocycles. The van der Waals surface area contributed by atoms with Crippen molar-refractivity contribution in [1.82, 2.24) is 10.2 Å². The molecule has 3 aromatic rings. The number of amides is 2. The van der Waals surface area contributed by atoms with E-state index in [0.29, 0.717) is 28.2 Å². The first-order valence-corrected chi connectivity index (χ1v) is 8.68. The molecule has 0 radical (unpaired) electrons. The van der Waals surface area contributed by atoms with Crippen LogP contribution in [0.5, 0.6) is 11.5 Å². The van der Waals surface area contributed by atoms with Gasteiger partial charge in [-0.25, -0.2) is 4.79 Å². The molecule has 0 saturated carbocycles. The molecule has 0 fully saturated rings. The number of carbonyl (C=O) groups excluding carboxylic acids is 1. The molecule has 0 unspecified atom stereocenters. The van der Waals surface area contributed by atoms with E-state index in [2.05, 4.69) is 20.8 Å². The van der Waals surface area contributed by atoms with Crippen molar-refractivity contribution in [2.75, 3.05) is 17.7 Å². The average Bonchev–Trinajstić information content (AvgIpc) is 3.08. The van der Waals surface area contributed by atoms with Crippen LogP contribution in [-0.2, 0) is 6.61 Å². The molecule has 0 aliphatic heterocycles. The molecule has 26 heavy (non-hydrogen) atoms. The van der Waals surface area contributed by atoms with E-state index < -0.39 is 6.03 Å². The Morgan fingerprint density at radius 3 is 2.65 bits per heavy atom. The summed E-state index contributed by atoms with van der Waals surface area (Å²) in [7, 11) is 1.57. The van der Waals surface area contributed by atoms with Crippen LogP contribution in [0.25, 0.3) is 0 Å². The highest BCUT2D eigenvalue weighted by atomic mass is 32.1. The lowest BCUT2D eigenvalue weighted by molar-refractivity contribution is 0.262. The zero-order chi connectivity index (χ0) is 18.4. The van der Waals surface area contributed by atoms with Crippen molar-refractivity contribution in [3.8, 4) is 11.5 Å². The number of aromatic nitrogens is 2. The van der Waals surface area contributed by atoms with Crippen LogP contribution < -0.4 is 20.1 Å². The zero-order valence-electron chi connectivity index (χ0n) is 14.4. The summed E-state index contributed by atoms with van der Waals surface area (Å²) in [5.74, 6) is 1.42. The molecule has 7 nitrogen and oxygen atoms in total. The molecule has 1 heterocycles. The number of urea groups is 1. The van der Waals surface area contributed by atoms with Gasteiger partial charge in [-0.05, 0) is 31.2 Å². The molecule has 0 spiro atoms. The second-order valence-corrected chi connectivity index (χ2v) is 6.48. The van der Waals surface area contributed by atoms with E-state index in [1.54, 1.807) is 31.4 Å². The lowest BCUT2D eigenvalue weighted by Gasteiger charge is -2.06. The van der Waals surface area contributed by atoms with Crippen LogP contribution in [-0.4, -0.2) is 23.3 Å². The topological polar surface area (TPSA) is 85.4 Å². The molecule has 0 bridgehead atoms. The molecular formula is C18H18N4O3S. The Bertz CT molecular complexity index is 880. The molecule has 8 heteroatoms. The Kier molecular flexibility index (Phi) is 5.65. The predicted molar refractivity (Wildman–Crippen MR) is 101 cm³/mol. The molecule has 1 aromatic heterocycles. The lowest BCUT2D eigenvalue weighted by atomic mass is 10.2. The van der Waals surface area contributed by atoms with E-state index in [1.807, 2.05) is 31.2 Å². The van der Waals surface area contributed by atoms with E-state index in [4.69, 9.17) is 9.47 Å². The highest BCUT2D eigenvalue weighted by molar-refractivity contribution is 7.15. The summed E-state index contributed by atoms with van der Waals surface area (Å²) in [6, 6.07) is 14.4. The normalized spacial score (nSPS) is 10.2. The van der Waals surface area contributed by atoms with Gasteiger partial charge < -0.3 is 14.8 Å². The van der Waals surface area contributed by atoms with Crippen molar-refractivity contribution in [1.29, 1.82) is 0 Å². The third kappa shape index (κ3) is 4.93. The van der Waals surface area contributed by atoms with Crippen molar-refractivity contribution in [3.05, 3.63) is 59.1 Å². The first-order chi connectivity index (χ1) is 12.6. The van der Waals surface area contributed by atoms with Crippen molar-refractivity contribution < 1.29 is 14.3 Å². The second kappa shape index (κ2) is 8.30. The zero-order valence-corrected chi connectivity index (χ0v) is 15.2. The number of rotatable bonds is 6. The smallest absolute Gasteiger partial charge is 0.325 e. The first kappa shape index (κ1) is 17.7. The van der Waals surface area contributed by atoms with Crippen LogP contribution in [0.4, 0.5) is 15.6 Å². The third-order valence-electron chi connectivity index (χ3n) is 3.40. The van der Waals surface area contributed by atoms with Crippen molar-refractivity contribution in [3.63, 3.8) is 0 Å². The maximum atomic E-state index is 12.0. The van der Waals surface area contributed by atoms with Gasteiger partial charge in [0.25, 0.3) is 0 Å². The highest BCUT2D eigenvalue weighted by Crippen LogP contribution is 2.20. The van der Waals surface area contributed by atoms with Crippen LogP contribution in [0.1, 0.15) is 10.6 Å². The Hall–Kier alpha value is -3.13. The maximum absolute atomic E-state index is 12.0. The van der Waals surface area contributed by atoms with Crippen LogP contribution in [0.15, 0.2) is 48.5 Å². The van der Waals surface area contributed by atoms with Crippen LogP contribution >= 0.6 is 11.3 Å². The Morgan fingerprint density at radius 2 is 1.88 bits per heavy atom. The molecule has 0 aliphatic rings. The number of methoxy groups -OCH3 is 1. The minimum absolute atomic E-state index is 0.292. The van der Waals surface area contributed by atoms with Gasteiger partial charge in [0.2, 0.25) is 5.13 Å². The fraction of sp³-hybridized carbons (Fsp3) is 0.167. The molecule has 0 saturated heterocycles. The van der Waals surface area contributed by atoms with Gasteiger partial charge in [-0.15, -0.1) is 10.2 Å². The first-order valence-electron chi connectivity index (χ1n) is 7.86. The number of aryl methyl sites for hydroxylation is 1. The Morgan fingerprint density at radius 1 is 1.08 bits per heavy atom. The molecule has 2 N–H and O–H groups in total. The van der Waals surface area contributed by atoms with Gasteiger partial charge in [-0.2, -0.15) is 0 Å². The fourth-order valence-electron chi connectivity index (χ4n) is 2.10. The predicted octanol–water partition coefficient (Wildman–Crippen LogP) is 4.08. The average molecular weight is 370 g/mol. The van der Waals surface area contributed by atoms with Gasteiger partial charge in [-0.1, -0.05) is 35.1 Å². The van der Waals surface area contributed by atoms with E-state index in [-0.39, 0.29) is 0 Å². The molecule has 0 aliphatic carbocycles. The number of hydrogen-bond acceptors (Lipinski definition) is 6. The SMILES string of the molecule is COc1cccc(NC(=O)Nc2nnc(COc3ccc(C)cc3)s2)c1. The molecule has 134 valence electrons. The molecule has 2 amide bonds. The third-order valence-corrected chi connectivity index (χ3v) is 4.21. The number of nitrogens with zero attached hydrogens (tertiary/aromatic N) is 2. The van der Waals surface area contributed by atoms with E-state index >= 15 is 0 Å². The summed E-state index contributed by atoms with van der Waals surface area (Å²) < 4.78 is 10.8. The summed E-state index contributed by atoms with van der Waals surface area (Å²) in [4.78, 5) is 12.0. The Balaban J connectivity index is 1.52. The number of anilines is 2. The number of carbonyl (C=O) groups is 1. The summed E-state index contributed by atoms with van der Waals surface area (Å²) in [5, 5.41) is 14.4. The number of benzene rings is 2. The summed E-state index contributed by atoms with van der Waals surface area (Å²) in [6.45, 7) is 2.31. The van der Waals surface area contributed by atoms with Crippen LogP contribution in [0.3, 0.4) is 0 Å². The van der Waals surface area contributed by atoms with Gasteiger partial charge in [0, 0.05) is 11.8 Å². The minimum Gasteiger partial charge on any atom is -0.497 e. The van der Waals surface area contributed by atoms with Gasteiger partial charge in [-0.3, -0.25) is 5.32 Å². The van der Waals surface area contributed by atoms with Gasteiger partial charge in [0.1, 0.15) is 18.1 Å². The number of hydrogen-bond donors (Lipinski definition) is 2. The number of nitrogens with one attached hydrogen (secondary N) is 2. The highest BCUT2D eigenvalue weighted by Gasteiger charge is 2.09. The summed E-state index contributed by atoms with van der Waals surface area (Å²) >= 11 is 1.26. The van der Waals surface area contributed by atoms with E-state index in [0.717, 1.165) is 5.75 Å². The minimum atomic E-state index is -0.402. The lowest BCUT2D eigenvalue weighted by Crippen LogP contribution is -2.19. The standard InChI is InChI=1S/C18H18N4O3S/c1-12-6-8-14(9-7-12)25-11-16-21-22-18(26-16)20-17(23)19-13-4-3-5-15(10-13)24-2/h3-10H,11H2,1-2H3,(H2,19,20,22,23). The quantitative estimate of drug-likeness (QED) is 0.683. The monoisotopic (exact) mass is 370 g/mol. The molecule has 0 atom stereocenters. The summed E-state index contributed by atoms with van der Waals surface area (Å²) in [5.41, 5.74) is 1.79. The molecular weight excluding hydrogens is 352 g/mol. The van der Waals surface area contributed by atoms with Crippen molar-refractivity contribution >= 4 is 28.2 Å². The largest absolute Gasteiger partial charge is 0.497 e. The van der Waals surface area contributed by atoms with Crippen LogP contribution in [0, 0.1) is 6.92 Å². The van der Waals surface area contributed by atoms with Crippen LogP contribution in [0.2, 0.25) is 0 Å². The van der Waals surface area contributed by atoms with Gasteiger partial charge in [0.15, 0.2) is 5.01 Å². The number of ether oxygens (including phenoxy) is 2. The molecule has 3 rings (SSSR count). The fourth-order valence-corrected chi connectivity index (χ4v) is 2.75.